The van der Waals surface area contributed by atoms with Crippen molar-refractivity contribution in [1.29, 1.82) is 0 Å². The van der Waals surface area contributed by atoms with Gasteiger partial charge in [0.25, 0.3) is 0 Å². The largest absolute Gasteiger partial charge is 0.507 e. The first-order valence-corrected chi connectivity index (χ1v) is 10.7. The van der Waals surface area contributed by atoms with Crippen molar-refractivity contribution in [2.24, 2.45) is 0 Å². The molecular weight excluding hydrogens is 428 g/mol. The van der Waals surface area contributed by atoms with Crippen molar-refractivity contribution in [2.75, 3.05) is 0 Å². The molecule has 10 heteroatoms. The summed E-state index contributed by atoms with van der Waals surface area (Å²) in [7, 11) is 0. The van der Waals surface area contributed by atoms with Crippen LogP contribution in [0.3, 0.4) is 0 Å². The van der Waals surface area contributed by atoms with E-state index < -0.39 is 23.6 Å². The summed E-state index contributed by atoms with van der Waals surface area (Å²) in [5.74, 6) is -0.960. The Labute approximate surface area is 189 Å². The quantitative estimate of drug-likeness (QED) is 0.488. The predicted octanol–water partition coefficient (Wildman–Crippen LogP) is 3.95. The highest BCUT2D eigenvalue weighted by Gasteiger charge is 2.47. The van der Waals surface area contributed by atoms with E-state index in [1.54, 1.807) is 24.5 Å². The van der Waals surface area contributed by atoms with Gasteiger partial charge in [0.15, 0.2) is 5.65 Å². The van der Waals surface area contributed by atoms with E-state index in [0.717, 1.165) is 0 Å². The van der Waals surface area contributed by atoms with Crippen LogP contribution in [-0.4, -0.2) is 52.1 Å². The topological polar surface area (TPSA) is 93.7 Å². The number of nitrogens with zero attached hydrogens (tertiary/aromatic N) is 6. The Bertz CT molecular complexity index is 1310. The van der Waals surface area contributed by atoms with E-state index in [0.29, 0.717) is 23.1 Å². The van der Waals surface area contributed by atoms with Gasteiger partial charge in [-0.1, -0.05) is 5.21 Å². The van der Waals surface area contributed by atoms with E-state index in [1.807, 2.05) is 18.4 Å². The molecule has 4 aromatic rings. The number of phenols is 1. The molecule has 3 aromatic heterocycles. The molecule has 0 amide bonds. The van der Waals surface area contributed by atoms with Crippen molar-refractivity contribution < 1.29 is 13.9 Å². The van der Waals surface area contributed by atoms with Crippen LogP contribution in [0.1, 0.15) is 40.2 Å². The number of hydrogen-bond donors (Lipinski definition) is 2. The molecule has 0 saturated carbocycles. The standard InChI is InChI=1S/C23H25F2N7O/c1-22(2)12-17(20(25)23(3,4)29-22)31-7-5-13-9-16(27-28-21(13)31)19-15(24)10-14(11-18(19)33)32-8-6-26-30-32/h5-11,17,20,29,33H,12H2,1-4H3/t17-,20-/m0/s1. The minimum Gasteiger partial charge on any atom is -0.507 e. The molecule has 33 heavy (non-hydrogen) atoms. The fourth-order valence-electron chi connectivity index (χ4n) is 4.99. The summed E-state index contributed by atoms with van der Waals surface area (Å²) in [4.78, 5) is 0. The summed E-state index contributed by atoms with van der Waals surface area (Å²) in [6.07, 6.45) is 4.23. The Morgan fingerprint density at radius 3 is 2.61 bits per heavy atom. The smallest absolute Gasteiger partial charge is 0.162 e. The second-order valence-electron chi connectivity index (χ2n) is 9.80. The molecule has 172 valence electrons. The molecule has 0 aliphatic carbocycles. The molecule has 4 heterocycles. The van der Waals surface area contributed by atoms with Crippen molar-refractivity contribution >= 4 is 11.0 Å². The van der Waals surface area contributed by atoms with Crippen LogP contribution in [0.5, 0.6) is 5.75 Å². The number of aromatic hydroxyl groups is 1. The molecule has 5 rings (SSSR count). The average Bonchev–Trinajstić information content (AvgIpc) is 3.39. The number of benzene rings is 1. The Morgan fingerprint density at radius 2 is 1.91 bits per heavy atom. The van der Waals surface area contributed by atoms with Gasteiger partial charge in [-0.3, -0.25) is 0 Å². The van der Waals surface area contributed by atoms with E-state index in [4.69, 9.17) is 0 Å². The maximum Gasteiger partial charge on any atom is 0.162 e. The number of fused-ring (bicyclic) bond motifs is 1. The monoisotopic (exact) mass is 453 g/mol. The number of rotatable bonds is 3. The van der Waals surface area contributed by atoms with Gasteiger partial charge in [-0.05, 0) is 46.2 Å². The first-order chi connectivity index (χ1) is 15.6. The van der Waals surface area contributed by atoms with Gasteiger partial charge in [-0.25, -0.2) is 13.5 Å². The lowest BCUT2D eigenvalue weighted by molar-refractivity contribution is 0.0313. The van der Waals surface area contributed by atoms with Gasteiger partial charge in [0.05, 0.1) is 29.7 Å². The number of halogens is 2. The van der Waals surface area contributed by atoms with Crippen LogP contribution >= 0.6 is 0 Å². The third-order valence-electron chi connectivity index (χ3n) is 6.22. The number of nitrogens with one attached hydrogen (secondary N) is 1. The van der Waals surface area contributed by atoms with E-state index in [2.05, 4.69) is 39.7 Å². The molecule has 0 radical (unpaired) electrons. The molecular formula is C23H25F2N7O. The molecule has 2 N–H and O–H groups in total. The Balaban J connectivity index is 1.54. The summed E-state index contributed by atoms with van der Waals surface area (Å²) in [6, 6.07) is 5.66. The third-order valence-corrected chi connectivity index (χ3v) is 6.22. The molecule has 1 aliphatic rings. The number of piperidine rings is 1. The van der Waals surface area contributed by atoms with Crippen molar-refractivity contribution in [3.05, 3.63) is 48.7 Å². The van der Waals surface area contributed by atoms with Crippen molar-refractivity contribution in [3.8, 4) is 22.7 Å². The van der Waals surface area contributed by atoms with E-state index in [-0.39, 0.29) is 22.5 Å². The number of alkyl halides is 1. The summed E-state index contributed by atoms with van der Waals surface area (Å²) < 4.78 is 33.5. The normalized spacial score (nSPS) is 22.0. The van der Waals surface area contributed by atoms with Crippen LogP contribution in [0.25, 0.3) is 28.0 Å². The van der Waals surface area contributed by atoms with Crippen LogP contribution in [0.15, 0.2) is 42.9 Å². The summed E-state index contributed by atoms with van der Waals surface area (Å²) >= 11 is 0. The zero-order valence-corrected chi connectivity index (χ0v) is 18.8. The van der Waals surface area contributed by atoms with Crippen molar-refractivity contribution in [1.82, 2.24) is 35.1 Å². The Kier molecular flexibility index (Phi) is 4.75. The molecule has 2 atom stereocenters. The Morgan fingerprint density at radius 1 is 1.12 bits per heavy atom. The molecule has 1 aliphatic heterocycles. The van der Waals surface area contributed by atoms with Gasteiger partial charge < -0.3 is 15.0 Å². The lowest BCUT2D eigenvalue weighted by Gasteiger charge is -2.49. The van der Waals surface area contributed by atoms with Gasteiger partial charge >= 0.3 is 0 Å². The molecule has 1 fully saturated rings. The zero-order chi connectivity index (χ0) is 23.5. The highest BCUT2D eigenvalue weighted by Crippen LogP contribution is 2.40. The van der Waals surface area contributed by atoms with Gasteiger partial charge in [0.2, 0.25) is 0 Å². The minimum atomic E-state index is -1.14. The second-order valence-corrected chi connectivity index (χ2v) is 9.80. The summed E-state index contributed by atoms with van der Waals surface area (Å²) in [5.41, 5.74) is -0.00852. The average molecular weight is 453 g/mol. The maximum absolute atomic E-state index is 15.4. The zero-order valence-electron chi connectivity index (χ0n) is 18.8. The van der Waals surface area contributed by atoms with Crippen LogP contribution in [0, 0.1) is 5.82 Å². The fourth-order valence-corrected chi connectivity index (χ4v) is 4.99. The van der Waals surface area contributed by atoms with Crippen LogP contribution in [0.4, 0.5) is 8.78 Å². The maximum atomic E-state index is 15.4. The van der Waals surface area contributed by atoms with E-state index in [9.17, 15) is 9.50 Å². The van der Waals surface area contributed by atoms with Crippen LogP contribution in [0.2, 0.25) is 0 Å². The summed E-state index contributed by atoms with van der Waals surface area (Å²) in [5, 5.41) is 30.6. The highest BCUT2D eigenvalue weighted by atomic mass is 19.1. The third kappa shape index (κ3) is 3.64. The number of phenolic OH excluding ortho intramolecular Hbond substituents is 1. The molecule has 8 nitrogen and oxygen atoms in total. The molecule has 1 aromatic carbocycles. The van der Waals surface area contributed by atoms with E-state index >= 15 is 4.39 Å². The minimum absolute atomic E-state index is 0.0616. The van der Waals surface area contributed by atoms with Crippen LogP contribution in [-0.2, 0) is 0 Å². The highest BCUT2D eigenvalue weighted by molar-refractivity contribution is 5.82. The van der Waals surface area contributed by atoms with Gasteiger partial charge in [0, 0.05) is 34.8 Å². The lowest BCUT2D eigenvalue weighted by atomic mass is 9.78. The van der Waals surface area contributed by atoms with Gasteiger partial charge in [-0.15, -0.1) is 15.3 Å². The molecule has 0 bridgehead atoms. The number of aromatic nitrogens is 6. The first kappa shape index (κ1) is 21.4. The first-order valence-electron chi connectivity index (χ1n) is 10.7. The van der Waals surface area contributed by atoms with Gasteiger partial charge in [-0.2, -0.15) is 0 Å². The van der Waals surface area contributed by atoms with Gasteiger partial charge in [0.1, 0.15) is 23.4 Å². The van der Waals surface area contributed by atoms with Crippen molar-refractivity contribution in [3.63, 3.8) is 0 Å². The molecule has 1 saturated heterocycles. The predicted molar refractivity (Wildman–Crippen MR) is 119 cm³/mol. The molecule has 0 spiro atoms. The molecule has 0 unspecified atom stereocenters. The van der Waals surface area contributed by atoms with Crippen LogP contribution < -0.4 is 5.32 Å². The fraction of sp³-hybridized carbons (Fsp3) is 0.391. The number of hydrogen-bond acceptors (Lipinski definition) is 6. The lowest BCUT2D eigenvalue weighted by Crippen LogP contribution is -2.64. The second kappa shape index (κ2) is 7.31. The SMILES string of the molecule is CC1(C)C[C@H](n2ccc3cc(-c4c(O)cc(-n5ccnn5)cc4F)nnc32)[C@H](F)C(C)(C)N1. The van der Waals surface area contributed by atoms with E-state index in [1.165, 1.54) is 23.0 Å². The summed E-state index contributed by atoms with van der Waals surface area (Å²) in [6.45, 7) is 7.82. The van der Waals surface area contributed by atoms with Crippen molar-refractivity contribution in [2.45, 2.75) is 57.4 Å². The Hall–Kier alpha value is -3.40.